The molecule has 27 heavy (non-hydrogen) atoms. The summed E-state index contributed by atoms with van der Waals surface area (Å²) in [6.45, 7) is 6.21. The van der Waals surface area contributed by atoms with Crippen molar-refractivity contribution in [2.75, 3.05) is 26.2 Å². The number of hydrogen-bond acceptors (Lipinski definition) is 3. The number of carbonyl (C=O) groups is 2. The number of piperazine rings is 1. The summed E-state index contributed by atoms with van der Waals surface area (Å²) in [6.07, 6.45) is 0.514. The molecule has 5 heteroatoms. The zero-order chi connectivity index (χ0) is 19.2. The van der Waals surface area contributed by atoms with Gasteiger partial charge in [-0.1, -0.05) is 30.3 Å². The Kier molecular flexibility index (Phi) is 6.12. The Hall–Kier alpha value is -2.82. The van der Waals surface area contributed by atoms with Crippen molar-refractivity contribution in [2.45, 2.75) is 26.4 Å². The van der Waals surface area contributed by atoms with Crippen molar-refractivity contribution >= 4 is 11.8 Å². The lowest BCUT2D eigenvalue weighted by Gasteiger charge is -2.35. The van der Waals surface area contributed by atoms with Crippen LogP contribution >= 0.6 is 0 Å². The van der Waals surface area contributed by atoms with E-state index in [-0.39, 0.29) is 17.9 Å². The fourth-order valence-electron chi connectivity index (χ4n) is 3.17. The summed E-state index contributed by atoms with van der Waals surface area (Å²) < 4.78 is 5.61. The van der Waals surface area contributed by atoms with Crippen LogP contribution in [0, 0.1) is 0 Å². The van der Waals surface area contributed by atoms with E-state index < -0.39 is 0 Å². The molecule has 1 fully saturated rings. The summed E-state index contributed by atoms with van der Waals surface area (Å²) in [5.41, 5.74) is 1.67. The second kappa shape index (κ2) is 8.71. The smallest absolute Gasteiger partial charge is 0.253 e. The van der Waals surface area contributed by atoms with Crippen LogP contribution in [0.2, 0.25) is 0 Å². The molecule has 2 aromatic rings. The quantitative estimate of drug-likeness (QED) is 0.817. The minimum Gasteiger partial charge on any atom is -0.491 e. The third-order valence-corrected chi connectivity index (χ3v) is 4.59. The second-order valence-electron chi connectivity index (χ2n) is 7.03. The highest BCUT2D eigenvalue weighted by Crippen LogP contribution is 2.16. The van der Waals surface area contributed by atoms with E-state index in [1.165, 1.54) is 0 Å². The van der Waals surface area contributed by atoms with E-state index in [1.807, 2.05) is 66.1 Å². The minimum atomic E-state index is 0.00116. The Morgan fingerprint density at radius 1 is 0.889 bits per heavy atom. The number of benzene rings is 2. The van der Waals surface area contributed by atoms with E-state index >= 15 is 0 Å². The SMILES string of the molecule is CC(C)Oc1ccc(C(=O)N2CCN(C(=O)Cc3ccccc3)CC2)cc1. The molecule has 0 atom stereocenters. The van der Waals surface area contributed by atoms with Gasteiger partial charge in [0, 0.05) is 31.7 Å². The first kappa shape index (κ1) is 19.0. The summed E-state index contributed by atoms with van der Waals surface area (Å²) in [6, 6.07) is 17.0. The maximum Gasteiger partial charge on any atom is 0.253 e. The molecule has 3 rings (SSSR count). The molecular formula is C22H26N2O3. The number of carbonyl (C=O) groups excluding carboxylic acids is 2. The lowest BCUT2D eigenvalue weighted by Crippen LogP contribution is -2.51. The van der Waals surface area contributed by atoms with Crippen molar-refractivity contribution < 1.29 is 14.3 Å². The predicted molar refractivity (Wildman–Crippen MR) is 105 cm³/mol. The van der Waals surface area contributed by atoms with Gasteiger partial charge in [-0.15, -0.1) is 0 Å². The lowest BCUT2D eigenvalue weighted by atomic mass is 10.1. The highest BCUT2D eigenvalue weighted by atomic mass is 16.5. The van der Waals surface area contributed by atoms with Crippen molar-refractivity contribution in [3.63, 3.8) is 0 Å². The highest BCUT2D eigenvalue weighted by molar-refractivity contribution is 5.94. The number of amides is 2. The van der Waals surface area contributed by atoms with E-state index in [1.54, 1.807) is 12.1 Å². The van der Waals surface area contributed by atoms with Crippen molar-refractivity contribution in [1.82, 2.24) is 9.80 Å². The van der Waals surface area contributed by atoms with Gasteiger partial charge in [-0.2, -0.15) is 0 Å². The fourth-order valence-corrected chi connectivity index (χ4v) is 3.17. The molecular weight excluding hydrogens is 340 g/mol. The van der Waals surface area contributed by atoms with Crippen LogP contribution in [-0.2, 0) is 11.2 Å². The van der Waals surface area contributed by atoms with Crippen LogP contribution in [0.3, 0.4) is 0 Å². The van der Waals surface area contributed by atoms with Crippen molar-refractivity contribution in [3.8, 4) is 5.75 Å². The third kappa shape index (κ3) is 5.09. The van der Waals surface area contributed by atoms with Crippen molar-refractivity contribution in [2.24, 2.45) is 0 Å². The van der Waals surface area contributed by atoms with Gasteiger partial charge in [0.25, 0.3) is 5.91 Å². The Morgan fingerprint density at radius 3 is 2.07 bits per heavy atom. The van der Waals surface area contributed by atoms with Crippen LogP contribution in [0.4, 0.5) is 0 Å². The Morgan fingerprint density at radius 2 is 1.48 bits per heavy atom. The molecule has 2 amide bonds. The summed E-state index contributed by atoms with van der Waals surface area (Å²) in [7, 11) is 0. The van der Waals surface area contributed by atoms with E-state index in [2.05, 4.69) is 0 Å². The van der Waals surface area contributed by atoms with Gasteiger partial charge in [0.15, 0.2) is 0 Å². The second-order valence-corrected chi connectivity index (χ2v) is 7.03. The molecule has 1 saturated heterocycles. The van der Waals surface area contributed by atoms with Crippen LogP contribution in [0.15, 0.2) is 54.6 Å². The maximum atomic E-state index is 12.7. The van der Waals surface area contributed by atoms with E-state index in [0.29, 0.717) is 38.2 Å². The molecule has 0 unspecified atom stereocenters. The van der Waals surface area contributed by atoms with Gasteiger partial charge >= 0.3 is 0 Å². The molecule has 0 aromatic heterocycles. The molecule has 0 spiro atoms. The van der Waals surface area contributed by atoms with E-state index in [4.69, 9.17) is 4.74 Å². The van der Waals surface area contributed by atoms with Crippen LogP contribution in [0.1, 0.15) is 29.8 Å². The van der Waals surface area contributed by atoms with Gasteiger partial charge in [0.2, 0.25) is 5.91 Å². The molecule has 0 N–H and O–H groups in total. The van der Waals surface area contributed by atoms with E-state index in [0.717, 1.165) is 11.3 Å². The first-order chi connectivity index (χ1) is 13.0. The van der Waals surface area contributed by atoms with Gasteiger partial charge in [-0.3, -0.25) is 9.59 Å². The Balaban J connectivity index is 1.52. The first-order valence-electron chi connectivity index (χ1n) is 9.40. The largest absolute Gasteiger partial charge is 0.491 e. The van der Waals surface area contributed by atoms with Gasteiger partial charge < -0.3 is 14.5 Å². The normalized spacial score (nSPS) is 14.3. The average molecular weight is 366 g/mol. The van der Waals surface area contributed by atoms with Gasteiger partial charge in [0.1, 0.15) is 5.75 Å². The standard InChI is InChI=1S/C22H26N2O3/c1-17(2)27-20-10-8-19(9-11-20)22(26)24-14-12-23(13-15-24)21(25)16-18-6-4-3-5-7-18/h3-11,17H,12-16H2,1-2H3. The predicted octanol–water partition coefficient (Wildman–Crippen LogP) is 3.00. The zero-order valence-electron chi connectivity index (χ0n) is 15.9. The molecule has 1 aliphatic rings. The lowest BCUT2D eigenvalue weighted by molar-refractivity contribution is -0.131. The summed E-state index contributed by atoms with van der Waals surface area (Å²) in [5, 5.41) is 0. The molecule has 0 bridgehead atoms. The molecule has 0 aliphatic carbocycles. The van der Waals surface area contributed by atoms with Crippen LogP contribution < -0.4 is 4.74 Å². The van der Waals surface area contributed by atoms with Crippen LogP contribution in [0.5, 0.6) is 5.75 Å². The molecule has 0 saturated carbocycles. The first-order valence-corrected chi connectivity index (χ1v) is 9.40. The molecule has 2 aromatic carbocycles. The molecule has 0 radical (unpaired) electrons. The monoisotopic (exact) mass is 366 g/mol. The third-order valence-electron chi connectivity index (χ3n) is 4.59. The van der Waals surface area contributed by atoms with Crippen molar-refractivity contribution in [3.05, 3.63) is 65.7 Å². The summed E-state index contributed by atoms with van der Waals surface area (Å²) >= 11 is 0. The number of ether oxygens (including phenoxy) is 1. The average Bonchev–Trinajstić information content (AvgIpc) is 2.68. The van der Waals surface area contributed by atoms with Gasteiger partial charge in [-0.05, 0) is 43.7 Å². The Bertz CT molecular complexity index is 764. The zero-order valence-corrected chi connectivity index (χ0v) is 15.9. The van der Waals surface area contributed by atoms with Crippen LogP contribution in [-0.4, -0.2) is 53.9 Å². The number of rotatable bonds is 5. The van der Waals surface area contributed by atoms with E-state index in [9.17, 15) is 9.59 Å². The molecule has 5 nitrogen and oxygen atoms in total. The number of nitrogens with zero attached hydrogens (tertiary/aromatic N) is 2. The summed E-state index contributed by atoms with van der Waals surface area (Å²) in [4.78, 5) is 28.8. The van der Waals surface area contributed by atoms with Crippen molar-refractivity contribution in [1.29, 1.82) is 0 Å². The molecule has 1 aliphatic heterocycles. The van der Waals surface area contributed by atoms with Gasteiger partial charge in [-0.25, -0.2) is 0 Å². The topological polar surface area (TPSA) is 49.9 Å². The Labute approximate surface area is 160 Å². The molecule has 142 valence electrons. The van der Waals surface area contributed by atoms with Gasteiger partial charge in [0.05, 0.1) is 12.5 Å². The van der Waals surface area contributed by atoms with Crippen LogP contribution in [0.25, 0.3) is 0 Å². The fraction of sp³-hybridized carbons (Fsp3) is 0.364. The molecule has 1 heterocycles. The number of hydrogen-bond donors (Lipinski definition) is 0. The summed E-state index contributed by atoms with van der Waals surface area (Å²) in [5.74, 6) is 0.877. The minimum absolute atomic E-state index is 0.00116. The maximum absolute atomic E-state index is 12.7. The highest BCUT2D eigenvalue weighted by Gasteiger charge is 2.24.